The fourth-order valence-corrected chi connectivity index (χ4v) is 2.24. The van der Waals surface area contributed by atoms with Gasteiger partial charge >= 0.3 is 0 Å². The normalized spacial score (nSPS) is 11.5. The van der Waals surface area contributed by atoms with Crippen LogP contribution >= 0.6 is 0 Å². The summed E-state index contributed by atoms with van der Waals surface area (Å²) in [5.41, 5.74) is 0. The molecule has 0 aromatic rings. The molecule has 0 aliphatic heterocycles. The van der Waals surface area contributed by atoms with E-state index >= 15 is 0 Å². The van der Waals surface area contributed by atoms with Gasteiger partial charge in [-0.3, -0.25) is 0 Å². The van der Waals surface area contributed by atoms with Crippen molar-refractivity contribution >= 4 is 10.5 Å². The molecule has 0 aliphatic rings. The van der Waals surface area contributed by atoms with E-state index in [2.05, 4.69) is 13.8 Å². The zero-order chi connectivity index (χ0) is 12.8. The number of unbranched alkanes of at least 4 members (excludes halogenated alkanes) is 4. The molecule has 0 fully saturated rings. The van der Waals surface area contributed by atoms with E-state index in [4.69, 9.17) is 9.16 Å². The first-order valence-electron chi connectivity index (χ1n) is 7.45. The van der Waals surface area contributed by atoms with Crippen molar-refractivity contribution in [1.82, 2.24) is 0 Å². The molecule has 0 N–H and O–H groups in total. The Labute approximate surface area is 111 Å². The third-order valence-electron chi connectivity index (χ3n) is 3.11. The molecule has 0 aromatic heterocycles. The molecule has 0 saturated heterocycles. The molecule has 104 valence electrons. The highest BCUT2D eigenvalue weighted by molar-refractivity contribution is 5.97. The predicted octanol–water partition coefficient (Wildman–Crippen LogP) is 3.22. The molecule has 2 nitrogen and oxygen atoms in total. The summed E-state index contributed by atoms with van der Waals surface area (Å²) in [7, 11) is 0.876. The second-order valence-corrected chi connectivity index (χ2v) is 5.41. The lowest BCUT2D eigenvalue weighted by Crippen LogP contribution is -2.14. The summed E-state index contributed by atoms with van der Waals surface area (Å²) in [5, 5.41) is 0. The highest BCUT2D eigenvalue weighted by Gasteiger charge is 2.07. The minimum Gasteiger partial charge on any atom is -0.428 e. The minimum atomic E-state index is 0.518. The van der Waals surface area contributed by atoms with Gasteiger partial charge in [-0.05, 0) is 32.1 Å². The Kier molecular flexibility index (Phi) is 14.3. The van der Waals surface area contributed by atoms with E-state index in [-0.39, 0.29) is 0 Å². The Hall–Kier alpha value is 0.137. The summed E-state index contributed by atoms with van der Waals surface area (Å²) in [6, 6.07) is 0. The fourth-order valence-electron chi connectivity index (χ4n) is 1.95. The van der Waals surface area contributed by atoms with E-state index in [1.165, 1.54) is 57.8 Å². The molecular weight excluding hydrogens is 228 g/mol. The van der Waals surface area contributed by atoms with Gasteiger partial charge in [-0.15, -0.1) is 0 Å². The molecule has 0 amide bonds. The Morgan fingerprint density at radius 1 is 0.824 bits per heavy atom. The first-order chi connectivity index (χ1) is 8.35. The summed E-state index contributed by atoms with van der Waals surface area (Å²) >= 11 is 0. The standard InChI is InChI=1S/C14H32O2Si/c1-3-5-10-14(11-6-4-2)15-12-8-7-9-13-16-17/h14H,3-13H2,1-2,17H3. The van der Waals surface area contributed by atoms with Crippen molar-refractivity contribution in [2.24, 2.45) is 0 Å². The molecule has 0 rings (SSSR count). The Morgan fingerprint density at radius 2 is 1.41 bits per heavy atom. The van der Waals surface area contributed by atoms with Crippen LogP contribution in [0.1, 0.15) is 71.6 Å². The lowest BCUT2D eigenvalue weighted by molar-refractivity contribution is 0.0361. The molecular formula is C14H32O2Si. The smallest absolute Gasteiger partial charge is 0.145 e. The van der Waals surface area contributed by atoms with Crippen molar-refractivity contribution in [3.8, 4) is 0 Å². The van der Waals surface area contributed by atoms with Crippen LogP contribution in [0.5, 0.6) is 0 Å². The van der Waals surface area contributed by atoms with Crippen LogP contribution in [-0.2, 0) is 9.16 Å². The highest BCUT2D eigenvalue weighted by atomic mass is 28.2. The van der Waals surface area contributed by atoms with E-state index in [1.54, 1.807) is 0 Å². The van der Waals surface area contributed by atoms with Crippen LogP contribution in [0.2, 0.25) is 0 Å². The maximum atomic E-state index is 5.99. The van der Waals surface area contributed by atoms with E-state index in [9.17, 15) is 0 Å². The molecule has 0 unspecified atom stereocenters. The molecule has 0 atom stereocenters. The summed E-state index contributed by atoms with van der Waals surface area (Å²) in [6.45, 7) is 6.40. The average Bonchev–Trinajstić information content (AvgIpc) is 2.35. The molecule has 3 heteroatoms. The van der Waals surface area contributed by atoms with Crippen LogP contribution in [0.25, 0.3) is 0 Å². The highest BCUT2D eigenvalue weighted by Crippen LogP contribution is 2.13. The molecule has 0 aliphatic carbocycles. The van der Waals surface area contributed by atoms with Crippen molar-refractivity contribution in [3.05, 3.63) is 0 Å². The minimum absolute atomic E-state index is 0.518. The molecule has 0 bridgehead atoms. The topological polar surface area (TPSA) is 18.5 Å². The Balaban J connectivity index is 3.45. The van der Waals surface area contributed by atoms with Gasteiger partial charge in [0.1, 0.15) is 10.5 Å². The Morgan fingerprint density at radius 3 is 1.94 bits per heavy atom. The average molecular weight is 260 g/mol. The van der Waals surface area contributed by atoms with Gasteiger partial charge in [0.2, 0.25) is 0 Å². The zero-order valence-electron chi connectivity index (χ0n) is 12.2. The third-order valence-corrected chi connectivity index (χ3v) is 3.51. The maximum Gasteiger partial charge on any atom is 0.145 e. The zero-order valence-corrected chi connectivity index (χ0v) is 14.2. The van der Waals surface area contributed by atoms with Crippen molar-refractivity contribution in [3.63, 3.8) is 0 Å². The largest absolute Gasteiger partial charge is 0.428 e. The molecule has 0 saturated carbocycles. The van der Waals surface area contributed by atoms with Crippen molar-refractivity contribution in [1.29, 1.82) is 0 Å². The van der Waals surface area contributed by atoms with Gasteiger partial charge in [-0.2, -0.15) is 0 Å². The lowest BCUT2D eigenvalue weighted by atomic mass is 10.1. The van der Waals surface area contributed by atoms with Crippen molar-refractivity contribution < 1.29 is 9.16 Å². The molecule has 17 heavy (non-hydrogen) atoms. The first-order valence-corrected chi connectivity index (χ1v) is 8.27. The van der Waals surface area contributed by atoms with Gasteiger partial charge in [0.05, 0.1) is 6.10 Å². The number of hydrogen-bond acceptors (Lipinski definition) is 2. The summed E-state index contributed by atoms with van der Waals surface area (Å²) in [4.78, 5) is 0. The number of rotatable bonds is 13. The second kappa shape index (κ2) is 14.2. The summed E-state index contributed by atoms with van der Waals surface area (Å²) in [5.74, 6) is 0. The van der Waals surface area contributed by atoms with Crippen LogP contribution in [0, 0.1) is 0 Å². The Bertz CT molecular complexity index is 134. The van der Waals surface area contributed by atoms with Gasteiger partial charge in [-0.25, -0.2) is 0 Å². The lowest BCUT2D eigenvalue weighted by Gasteiger charge is -2.17. The number of hydrogen-bond donors (Lipinski definition) is 0. The van der Waals surface area contributed by atoms with Crippen molar-refractivity contribution in [2.45, 2.75) is 77.7 Å². The molecule has 0 radical (unpaired) electrons. The fraction of sp³-hybridized carbons (Fsp3) is 1.00. The van der Waals surface area contributed by atoms with E-state index in [1.807, 2.05) is 0 Å². The van der Waals surface area contributed by atoms with Gasteiger partial charge in [-0.1, -0.05) is 39.5 Å². The molecule has 0 heterocycles. The summed E-state index contributed by atoms with van der Waals surface area (Å²) in [6.07, 6.45) is 11.8. The quantitative estimate of drug-likeness (QED) is 0.374. The maximum absolute atomic E-state index is 5.99. The van der Waals surface area contributed by atoms with E-state index < -0.39 is 0 Å². The first kappa shape index (κ1) is 17.1. The van der Waals surface area contributed by atoms with Crippen LogP contribution in [0.15, 0.2) is 0 Å². The van der Waals surface area contributed by atoms with E-state index in [0.717, 1.165) is 23.7 Å². The van der Waals surface area contributed by atoms with Crippen LogP contribution in [0.3, 0.4) is 0 Å². The van der Waals surface area contributed by atoms with E-state index in [0.29, 0.717) is 6.10 Å². The monoisotopic (exact) mass is 260 g/mol. The molecule has 0 aromatic carbocycles. The van der Waals surface area contributed by atoms with Gasteiger partial charge in [0.15, 0.2) is 0 Å². The van der Waals surface area contributed by atoms with Crippen LogP contribution in [-0.4, -0.2) is 29.8 Å². The third kappa shape index (κ3) is 12.4. The van der Waals surface area contributed by atoms with Crippen LogP contribution < -0.4 is 0 Å². The second-order valence-electron chi connectivity index (χ2n) is 4.83. The molecule has 0 spiro atoms. The summed E-state index contributed by atoms with van der Waals surface area (Å²) < 4.78 is 11.2. The SMILES string of the molecule is CCCCC(CCCC)OCCCCCO[SiH3]. The number of ether oxygens (including phenoxy) is 1. The van der Waals surface area contributed by atoms with Gasteiger partial charge < -0.3 is 9.16 Å². The van der Waals surface area contributed by atoms with Gasteiger partial charge in [0.25, 0.3) is 0 Å². The van der Waals surface area contributed by atoms with Crippen molar-refractivity contribution in [2.75, 3.05) is 13.2 Å². The predicted molar refractivity (Wildman–Crippen MR) is 78.5 cm³/mol. The van der Waals surface area contributed by atoms with Gasteiger partial charge in [0, 0.05) is 13.2 Å². The van der Waals surface area contributed by atoms with Crippen LogP contribution in [0.4, 0.5) is 0 Å².